The summed E-state index contributed by atoms with van der Waals surface area (Å²) in [6.07, 6.45) is 3.93. The standard InChI is InChI=1S/C7H16N2/c1-6(8)7-4-2-3-5-9-7/h6-7,9H,2-5,8H2,1H3/t6-,7-/m0/s1. The Hall–Kier alpha value is -0.0800. The van der Waals surface area contributed by atoms with Crippen molar-refractivity contribution in [2.75, 3.05) is 6.54 Å². The lowest BCUT2D eigenvalue weighted by atomic mass is 10.00. The van der Waals surface area contributed by atoms with Crippen molar-refractivity contribution in [1.82, 2.24) is 5.32 Å². The summed E-state index contributed by atoms with van der Waals surface area (Å²) in [5.41, 5.74) is 5.70. The maximum Gasteiger partial charge on any atom is 0.0216 e. The smallest absolute Gasteiger partial charge is 0.0216 e. The Labute approximate surface area is 56.8 Å². The van der Waals surface area contributed by atoms with Crippen molar-refractivity contribution in [3.8, 4) is 0 Å². The van der Waals surface area contributed by atoms with Gasteiger partial charge in [-0.05, 0) is 26.3 Å². The Morgan fingerprint density at radius 1 is 1.56 bits per heavy atom. The lowest BCUT2D eigenvalue weighted by Crippen LogP contribution is -2.45. The molecule has 0 aliphatic carbocycles. The van der Waals surface area contributed by atoms with Gasteiger partial charge in [-0.3, -0.25) is 0 Å². The first-order valence-corrected chi connectivity index (χ1v) is 3.79. The minimum absolute atomic E-state index is 0.324. The molecule has 1 rings (SSSR count). The number of rotatable bonds is 1. The van der Waals surface area contributed by atoms with Gasteiger partial charge in [-0.25, -0.2) is 0 Å². The van der Waals surface area contributed by atoms with Crippen molar-refractivity contribution in [3.05, 3.63) is 0 Å². The molecule has 2 nitrogen and oxygen atoms in total. The fraction of sp³-hybridized carbons (Fsp3) is 1.00. The molecule has 0 amide bonds. The summed E-state index contributed by atoms with van der Waals surface area (Å²) in [5, 5.41) is 3.39. The highest BCUT2D eigenvalue weighted by Gasteiger charge is 2.15. The summed E-state index contributed by atoms with van der Waals surface area (Å²) < 4.78 is 0. The van der Waals surface area contributed by atoms with Gasteiger partial charge in [0.1, 0.15) is 0 Å². The monoisotopic (exact) mass is 128 g/mol. The molecule has 0 bridgehead atoms. The van der Waals surface area contributed by atoms with Crippen LogP contribution in [-0.4, -0.2) is 18.6 Å². The molecule has 1 fully saturated rings. The highest BCUT2D eigenvalue weighted by molar-refractivity contribution is 4.78. The van der Waals surface area contributed by atoms with E-state index in [0.29, 0.717) is 12.1 Å². The first-order chi connectivity index (χ1) is 4.30. The van der Waals surface area contributed by atoms with E-state index in [1.54, 1.807) is 0 Å². The summed E-state index contributed by atoms with van der Waals surface area (Å²) >= 11 is 0. The molecule has 0 aromatic heterocycles. The summed E-state index contributed by atoms with van der Waals surface area (Å²) in [6.45, 7) is 3.23. The Morgan fingerprint density at radius 2 is 2.33 bits per heavy atom. The first kappa shape index (κ1) is 7.03. The van der Waals surface area contributed by atoms with Crippen LogP contribution in [0.25, 0.3) is 0 Å². The van der Waals surface area contributed by atoms with E-state index in [2.05, 4.69) is 12.2 Å². The molecular formula is C7H16N2. The van der Waals surface area contributed by atoms with Crippen LogP contribution in [-0.2, 0) is 0 Å². The maximum atomic E-state index is 5.70. The van der Waals surface area contributed by atoms with Crippen LogP contribution in [0.2, 0.25) is 0 Å². The molecule has 2 atom stereocenters. The van der Waals surface area contributed by atoms with Crippen LogP contribution in [0.5, 0.6) is 0 Å². The second-order valence-corrected chi connectivity index (χ2v) is 2.92. The molecular weight excluding hydrogens is 112 g/mol. The van der Waals surface area contributed by atoms with E-state index in [4.69, 9.17) is 5.73 Å². The van der Waals surface area contributed by atoms with Gasteiger partial charge in [-0.15, -0.1) is 0 Å². The number of nitrogens with one attached hydrogen (secondary N) is 1. The van der Waals surface area contributed by atoms with Crippen molar-refractivity contribution in [3.63, 3.8) is 0 Å². The van der Waals surface area contributed by atoms with Gasteiger partial charge in [0, 0.05) is 12.1 Å². The molecule has 0 spiro atoms. The molecule has 0 saturated carbocycles. The normalized spacial score (nSPS) is 32.0. The molecule has 1 heterocycles. The fourth-order valence-electron chi connectivity index (χ4n) is 1.33. The van der Waals surface area contributed by atoms with Gasteiger partial charge in [0.15, 0.2) is 0 Å². The van der Waals surface area contributed by atoms with Crippen molar-refractivity contribution < 1.29 is 0 Å². The van der Waals surface area contributed by atoms with Gasteiger partial charge >= 0.3 is 0 Å². The lowest BCUT2D eigenvalue weighted by molar-refractivity contribution is 0.361. The summed E-state index contributed by atoms with van der Waals surface area (Å²) in [5.74, 6) is 0. The topological polar surface area (TPSA) is 38.0 Å². The zero-order valence-corrected chi connectivity index (χ0v) is 6.06. The number of nitrogens with two attached hydrogens (primary N) is 1. The fourth-order valence-corrected chi connectivity index (χ4v) is 1.33. The molecule has 1 aliphatic heterocycles. The molecule has 9 heavy (non-hydrogen) atoms. The number of hydrogen-bond acceptors (Lipinski definition) is 2. The number of hydrogen-bond donors (Lipinski definition) is 2. The highest BCUT2D eigenvalue weighted by atomic mass is 15.0. The van der Waals surface area contributed by atoms with E-state index in [1.807, 2.05) is 0 Å². The third-order valence-electron chi connectivity index (χ3n) is 1.98. The van der Waals surface area contributed by atoms with Gasteiger partial charge in [0.25, 0.3) is 0 Å². The Kier molecular flexibility index (Phi) is 2.49. The van der Waals surface area contributed by atoms with Crippen LogP contribution in [0.1, 0.15) is 26.2 Å². The van der Waals surface area contributed by atoms with Crippen molar-refractivity contribution >= 4 is 0 Å². The van der Waals surface area contributed by atoms with Crippen molar-refractivity contribution in [1.29, 1.82) is 0 Å². The van der Waals surface area contributed by atoms with E-state index >= 15 is 0 Å². The Morgan fingerprint density at radius 3 is 2.67 bits per heavy atom. The zero-order valence-electron chi connectivity index (χ0n) is 6.06. The van der Waals surface area contributed by atoms with Gasteiger partial charge in [0.2, 0.25) is 0 Å². The average molecular weight is 128 g/mol. The van der Waals surface area contributed by atoms with Gasteiger partial charge in [0.05, 0.1) is 0 Å². The molecule has 2 heteroatoms. The van der Waals surface area contributed by atoms with Crippen LogP contribution in [0.3, 0.4) is 0 Å². The van der Waals surface area contributed by atoms with Crippen LogP contribution in [0, 0.1) is 0 Å². The second kappa shape index (κ2) is 3.18. The summed E-state index contributed by atoms with van der Waals surface area (Å²) in [7, 11) is 0. The minimum atomic E-state index is 0.324. The molecule has 0 unspecified atom stereocenters. The van der Waals surface area contributed by atoms with Gasteiger partial charge < -0.3 is 11.1 Å². The van der Waals surface area contributed by atoms with Crippen LogP contribution in [0.15, 0.2) is 0 Å². The van der Waals surface area contributed by atoms with Crippen LogP contribution < -0.4 is 11.1 Å². The Balaban J connectivity index is 2.23. The van der Waals surface area contributed by atoms with E-state index in [1.165, 1.54) is 19.3 Å². The molecule has 0 aromatic rings. The van der Waals surface area contributed by atoms with E-state index in [0.717, 1.165) is 6.54 Å². The third-order valence-corrected chi connectivity index (χ3v) is 1.98. The predicted octanol–water partition coefficient (Wildman–Crippen LogP) is 0.476. The quantitative estimate of drug-likeness (QED) is 0.539. The van der Waals surface area contributed by atoms with Crippen LogP contribution in [0.4, 0.5) is 0 Å². The first-order valence-electron chi connectivity index (χ1n) is 3.79. The minimum Gasteiger partial charge on any atom is -0.327 e. The summed E-state index contributed by atoms with van der Waals surface area (Å²) in [4.78, 5) is 0. The highest BCUT2D eigenvalue weighted by Crippen LogP contribution is 2.08. The molecule has 0 radical (unpaired) electrons. The average Bonchev–Trinajstić information content (AvgIpc) is 1.90. The molecule has 1 aliphatic rings. The molecule has 54 valence electrons. The van der Waals surface area contributed by atoms with Crippen molar-refractivity contribution in [2.24, 2.45) is 5.73 Å². The molecule has 1 saturated heterocycles. The third kappa shape index (κ3) is 1.95. The van der Waals surface area contributed by atoms with Crippen LogP contribution >= 0.6 is 0 Å². The molecule has 3 N–H and O–H groups in total. The molecule has 0 aromatic carbocycles. The largest absolute Gasteiger partial charge is 0.327 e. The lowest BCUT2D eigenvalue weighted by Gasteiger charge is -2.26. The van der Waals surface area contributed by atoms with Gasteiger partial charge in [-0.1, -0.05) is 6.42 Å². The second-order valence-electron chi connectivity index (χ2n) is 2.92. The zero-order chi connectivity index (χ0) is 6.69. The SMILES string of the molecule is C[C@H](N)[C@@H]1CCCCN1. The van der Waals surface area contributed by atoms with E-state index < -0.39 is 0 Å². The van der Waals surface area contributed by atoms with Gasteiger partial charge in [-0.2, -0.15) is 0 Å². The summed E-state index contributed by atoms with van der Waals surface area (Å²) in [6, 6.07) is 0.907. The number of piperidine rings is 1. The maximum absolute atomic E-state index is 5.70. The van der Waals surface area contributed by atoms with E-state index in [9.17, 15) is 0 Å². The predicted molar refractivity (Wildman–Crippen MR) is 39.3 cm³/mol. The Bertz CT molecular complexity index is 75.0. The van der Waals surface area contributed by atoms with Crippen molar-refractivity contribution in [2.45, 2.75) is 38.3 Å². The van der Waals surface area contributed by atoms with E-state index in [-0.39, 0.29) is 0 Å².